The Balaban J connectivity index is 1.57. The molecule has 3 amide bonds. The standard InChI is InChI=1S/C26H32IN5O3/c1-2-24(33)28-14-7-6-11-21(29-25(34)19-20-9-4-3-5-10-20)26(35)32-17-15-31(16-18-32)23-13-8-12-22(27)30-23/h2-5,8-10,12-13,21H,1,6-7,11,14-19H2,(H,28,33)(H,29,34)/t21-/m0/s1. The lowest BCUT2D eigenvalue weighted by atomic mass is 10.1. The minimum atomic E-state index is -0.594. The second-order valence-electron chi connectivity index (χ2n) is 8.40. The summed E-state index contributed by atoms with van der Waals surface area (Å²) in [5, 5.41) is 5.71. The number of unbranched alkanes of at least 4 members (excludes halogenated alkanes) is 1. The molecule has 186 valence electrons. The van der Waals surface area contributed by atoms with Gasteiger partial charge in [0, 0.05) is 32.7 Å². The van der Waals surface area contributed by atoms with Crippen molar-refractivity contribution in [2.24, 2.45) is 0 Å². The van der Waals surface area contributed by atoms with Crippen molar-refractivity contribution < 1.29 is 14.4 Å². The zero-order valence-corrected chi connectivity index (χ0v) is 21.9. The van der Waals surface area contributed by atoms with Gasteiger partial charge in [-0.1, -0.05) is 43.0 Å². The van der Waals surface area contributed by atoms with Gasteiger partial charge in [0.1, 0.15) is 15.6 Å². The number of nitrogens with one attached hydrogen (secondary N) is 2. The summed E-state index contributed by atoms with van der Waals surface area (Å²) in [7, 11) is 0. The number of hydrogen-bond donors (Lipinski definition) is 2. The number of pyridine rings is 1. The van der Waals surface area contributed by atoms with E-state index in [0.29, 0.717) is 52.0 Å². The molecule has 1 aliphatic rings. The first-order valence-corrected chi connectivity index (χ1v) is 12.9. The van der Waals surface area contributed by atoms with Gasteiger partial charge in [0.05, 0.1) is 6.42 Å². The Morgan fingerprint density at radius 2 is 1.77 bits per heavy atom. The largest absolute Gasteiger partial charge is 0.353 e. The lowest BCUT2D eigenvalue weighted by molar-refractivity contribution is -0.136. The van der Waals surface area contributed by atoms with Crippen molar-refractivity contribution in [2.45, 2.75) is 31.7 Å². The summed E-state index contributed by atoms with van der Waals surface area (Å²) >= 11 is 2.20. The maximum Gasteiger partial charge on any atom is 0.245 e. The summed E-state index contributed by atoms with van der Waals surface area (Å²) in [6.07, 6.45) is 3.39. The molecule has 1 aromatic carbocycles. The van der Waals surface area contributed by atoms with Crippen LogP contribution in [0.3, 0.4) is 0 Å². The van der Waals surface area contributed by atoms with Crippen LogP contribution in [0, 0.1) is 3.70 Å². The van der Waals surface area contributed by atoms with Crippen molar-refractivity contribution in [1.82, 2.24) is 20.5 Å². The molecule has 35 heavy (non-hydrogen) atoms. The summed E-state index contributed by atoms with van der Waals surface area (Å²) in [6, 6.07) is 14.8. The molecule has 0 unspecified atom stereocenters. The number of nitrogens with zero attached hydrogens (tertiary/aromatic N) is 3. The zero-order valence-electron chi connectivity index (χ0n) is 19.8. The van der Waals surface area contributed by atoms with E-state index in [2.05, 4.69) is 49.7 Å². The molecule has 2 N–H and O–H groups in total. The highest BCUT2D eigenvalue weighted by Crippen LogP contribution is 2.16. The monoisotopic (exact) mass is 589 g/mol. The summed E-state index contributed by atoms with van der Waals surface area (Å²) in [5.74, 6) is 0.473. The van der Waals surface area contributed by atoms with Crippen LogP contribution in [0.4, 0.5) is 5.82 Å². The predicted octanol–water partition coefficient (Wildman–Crippen LogP) is 2.53. The van der Waals surface area contributed by atoms with Gasteiger partial charge >= 0.3 is 0 Å². The van der Waals surface area contributed by atoms with Crippen molar-refractivity contribution in [3.8, 4) is 0 Å². The topological polar surface area (TPSA) is 94.6 Å². The fourth-order valence-corrected chi connectivity index (χ4v) is 4.45. The molecule has 1 atom stereocenters. The molecule has 1 aromatic heterocycles. The van der Waals surface area contributed by atoms with E-state index in [1.807, 2.05) is 53.4 Å². The Morgan fingerprint density at radius 1 is 1.03 bits per heavy atom. The second-order valence-corrected chi connectivity index (χ2v) is 9.51. The van der Waals surface area contributed by atoms with Crippen LogP contribution >= 0.6 is 22.6 Å². The number of carbonyl (C=O) groups is 3. The van der Waals surface area contributed by atoms with E-state index in [1.165, 1.54) is 6.08 Å². The van der Waals surface area contributed by atoms with Crippen LogP contribution in [0.2, 0.25) is 0 Å². The molecule has 2 heterocycles. The number of aromatic nitrogens is 1. The first-order valence-electron chi connectivity index (χ1n) is 11.9. The highest BCUT2D eigenvalue weighted by molar-refractivity contribution is 14.1. The SMILES string of the molecule is C=CC(=O)NCCCC[C@H](NC(=O)Cc1ccccc1)C(=O)N1CCN(c2cccc(I)n2)CC1. The molecule has 0 spiro atoms. The molecule has 1 saturated heterocycles. The number of benzene rings is 1. The average Bonchev–Trinajstić information content (AvgIpc) is 2.88. The van der Waals surface area contributed by atoms with E-state index >= 15 is 0 Å². The molecule has 0 saturated carbocycles. The first-order chi connectivity index (χ1) is 17.0. The Labute approximate surface area is 220 Å². The van der Waals surface area contributed by atoms with Crippen LogP contribution in [0.5, 0.6) is 0 Å². The van der Waals surface area contributed by atoms with E-state index in [1.54, 1.807) is 0 Å². The van der Waals surface area contributed by atoms with Gasteiger partial charge in [0.25, 0.3) is 0 Å². The third-order valence-corrected chi connectivity index (χ3v) is 6.46. The molecule has 1 aliphatic heterocycles. The van der Waals surface area contributed by atoms with Crippen LogP contribution in [0.15, 0.2) is 61.2 Å². The van der Waals surface area contributed by atoms with Gasteiger partial charge in [-0.25, -0.2) is 4.98 Å². The van der Waals surface area contributed by atoms with Gasteiger partial charge in [-0.3, -0.25) is 14.4 Å². The third-order valence-electron chi connectivity index (χ3n) is 5.86. The summed E-state index contributed by atoms with van der Waals surface area (Å²) in [4.78, 5) is 46.0. The van der Waals surface area contributed by atoms with Crippen molar-refractivity contribution in [3.63, 3.8) is 0 Å². The van der Waals surface area contributed by atoms with Crippen molar-refractivity contribution >= 4 is 46.1 Å². The molecule has 8 nitrogen and oxygen atoms in total. The van der Waals surface area contributed by atoms with Crippen LogP contribution in [0.25, 0.3) is 0 Å². The quantitative estimate of drug-likeness (QED) is 0.182. The molecule has 0 bridgehead atoms. The molecule has 3 rings (SSSR count). The molecular weight excluding hydrogens is 557 g/mol. The van der Waals surface area contributed by atoms with Gasteiger partial charge in [-0.05, 0) is 65.6 Å². The highest BCUT2D eigenvalue weighted by atomic mass is 127. The molecule has 0 aliphatic carbocycles. The smallest absolute Gasteiger partial charge is 0.245 e. The van der Waals surface area contributed by atoms with Crippen LogP contribution in [-0.4, -0.2) is 66.4 Å². The van der Waals surface area contributed by atoms with Crippen molar-refractivity contribution in [3.05, 3.63) is 70.5 Å². The lowest BCUT2D eigenvalue weighted by Crippen LogP contribution is -2.55. The number of carbonyl (C=O) groups excluding carboxylic acids is 3. The Kier molecular flexibility index (Phi) is 10.5. The van der Waals surface area contributed by atoms with E-state index in [0.717, 1.165) is 15.1 Å². The summed E-state index contributed by atoms with van der Waals surface area (Å²) in [6.45, 7) is 6.48. The molecule has 0 radical (unpaired) electrons. The normalized spacial score (nSPS) is 14.2. The Hall–Kier alpha value is -2.95. The first kappa shape index (κ1) is 26.7. The van der Waals surface area contributed by atoms with Gasteiger partial charge in [0.15, 0.2) is 0 Å². The van der Waals surface area contributed by atoms with Gasteiger partial charge in [-0.2, -0.15) is 0 Å². The van der Waals surface area contributed by atoms with Crippen LogP contribution in [-0.2, 0) is 20.8 Å². The van der Waals surface area contributed by atoms with E-state index in [-0.39, 0.29) is 24.1 Å². The average molecular weight is 589 g/mol. The predicted molar refractivity (Wildman–Crippen MR) is 145 cm³/mol. The second kappa shape index (κ2) is 13.8. The molecule has 1 fully saturated rings. The van der Waals surface area contributed by atoms with Crippen molar-refractivity contribution in [2.75, 3.05) is 37.6 Å². The van der Waals surface area contributed by atoms with E-state index in [9.17, 15) is 14.4 Å². The maximum absolute atomic E-state index is 13.4. The maximum atomic E-state index is 13.4. The summed E-state index contributed by atoms with van der Waals surface area (Å²) in [5.41, 5.74) is 0.905. The van der Waals surface area contributed by atoms with E-state index < -0.39 is 6.04 Å². The minimum absolute atomic E-state index is 0.0585. The van der Waals surface area contributed by atoms with E-state index in [4.69, 9.17) is 0 Å². The van der Waals surface area contributed by atoms with Gasteiger partial charge in [0.2, 0.25) is 17.7 Å². The molecule has 2 aromatic rings. The highest BCUT2D eigenvalue weighted by Gasteiger charge is 2.28. The number of hydrogen-bond acceptors (Lipinski definition) is 5. The van der Waals surface area contributed by atoms with Gasteiger partial charge in [-0.15, -0.1) is 0 Å². The third kappa shape index (κ3) is 8.65. The molecule has 9 heteroatoms. The number of halogens is 1. The van der Waals surface area contributed by atoms with Gasteiger partial charge < -0.3 is 20.4 Å². The van der Waals surface area contributed by atoms with Crippen molar-refractivity contribution in [1.29, 1.82) is 0 Å². The fraction of sp³-hybridized carbons (Fsp3) is 0.385. The van der Waals surface area contributed by atoms with Crippen LogP contribution in [0.1, 0.15) is 24.8 Å². The minimum Gasteiger partial charge on any atom is -0.353 e. The number of anilines is 1. The number of rotatable bonds is 11. The number of piperazine rings is 1. The molecular formula is C26H32IN5O3. The Morgan fingerprint density at radius 3 is 2.46 bits per heavy atom. The van der Waals surface area contributed by atoms with Crippen LogP contribution < -0.4 is 15.5 Å². The number of amides is 3. The fourth-order valence-electron chi connectivity index (χ4n) is 3.99. The summed E-state index contributed by atoms with van der Waals surface area (Å²) < 4.78 is 0.934. The lowest BCUT2D eigenvalue weighted by Gasteiger charge is -2.37. The Bertz CT molecular complexity index is 1010. The zero-order chi connectivity index (χ0) is 25.0.